The molecule has 0 aliphatic carbocycles. The second-order valence-corrected chi connectivity index (χ2v) is 2.52. The molecular weight excluding hydrogens is 132 g/mol. The summed E-state index contributed by atoms with van der Waals surface area (Å²) in [5, 5.41) is 0. The van der Waals surface area contributed by atoms with Crippen LogP contribution in [-0.2, 0) is 0 Å². The van der Waals surface area contributed by atoms with E-state index < -0.39 is 0 Å². The van der Waals surface area contributed by atoms with Gasteiger partial charge in [-0.3, -0.25) is 0 Å². The van der Waals surface area contributed by atoms with Gasteiger partial charge >= 0.3 is 0 Å². The fraction of sp³-hybridized carbons (Fsp3) is 0.455. The molecule has 0 atom stereocenters. The normalized spacial score (nSPS) is 6.55. The Morgan fingerprint density at radius 2 is 1.64 bits per heavy atom. The van der Waals surface area contributed by atoms with E-state index in [1.807, 2.05) is 0 Å². The minimum Gasteiger partial charge on any atom is -0.0925 e. The van der Waals surface area contributed by atoms with Crippen molar-refractivity contribution in [3.8, 4) is 35.5 Å². The molecule has 0 aromatic heterocycles. The lowest BCUT2D eigenvalue weighted by molar-refractivity contribution is 0.676. The molecule has 0 amide bonds. The van der Waals surface area contributed by atoms with E-state index in [2.05, 4.69) is 49.4 Å². The molecule has 0 aliphatic rings. The summed E-state index contributed by atoms with van der Waals surface area (Å²) in [6.07, 6.45) is 0.911. The van der Waals surface area contributed by atoms with Crippen molar-refractivity contribution in [2.75, 3.05) is 0 Å². The molecule has 0 saturated heterocycles. The molecular formula is C11H12. The van der Waals surface area contributed by atoms with Crippen molar-refractivity contribution in [1.29, 1.82) is 0 Å². The molecule has 0 aromatic carbocycles. The highest BCUT2D eigenvalue weighted by Crippen LogP contribution is 1.94. The van der Waals surface area contributed by atoms with Gasteiger partial charge in [-0.2, -0.15) is 0 Å². The van der Waals surface area contributed by atoms with Gasteiger partial charge in [0.15, 0.2) is 0 Å². The van der Waals surface area contributed by atoms with Crippen LogP contribution in [0.2, 0.25) is 0 Å². The lowest BCUT2D eigenvalue weighted by atomic mass is 10.1. The highest BCUT2D eigenvalue weighted by atomic mass is 13.9. The SMILES string of the molecule is CC#CC#CC#CCC(C)C. The molecule has 0 spiro atoms. The monoisotopic (exact) mass is 144 g/mol. The molecule has 0 aliphatic heterocycles. The van der Waals surface area contributed by atoms with E-state index >= 15 is 0 Å². The van der Waals surface area contributed by atoms with E-state index in [0.29, 0.717) is 5.92 Å². The van der Waals surface area contributed by atoms with Crippen molar-refractivity contribution >= 4 is 0 Å². The summed E-state index contributed by atoms with van der Waals surface area (Å²) in [6, 6.07) is 0. The maximum absolute atomic E-state index is 2.95. The zero-order chi connectivity index (χ0) is 8.53. The summed E-state index contributed by atoms with van der Waals surface area (Å²) in [5.41, 5.74) is 0. The first-order valence-corrected chi connectivity index (χ1v) is 3.67. The Morgan fingerprint density at radius 3 is 2.18 bits per heavy atom. The van der Waals surface area contributed by atoms with E-state index in [1.54, 1.807) is 6.92 Å². The molecule has 0 bridgehead atoms. The molecule has 0 nitrogen and oxygen atoms in total. The van der Waals surface area contributed by atoms with Gasteiger partial charge in [0.25, 0.3) is 0 Å². The highest BCUT2D eigenvalue weighted by Gasteiger charge is 1.84. The Morgan fingerprint density at radius 1 is 1.00 bits per heavy atom. The fourth-order valence-electron chi connectivity index (χ4n) is 0.424. The van der Waals surface area contributed by atoms with Crippen LogP contribution in [-0.4, -0.2) is 0 Å². The minimum absolute atomic E-state index is 0.626. The van der Waals surface area contributed by atoms with Crippen molar-refractivity contribution < 1.29 is 0 Å². The van der Waals surface area contributed by atoms with Crippen LogP contribution in [0.5, 0.6) is 0 Å². The Hall–Kier alpha value is -1.32. The lowest BCUT2D eigenvalue weighted by Gasteiger charge is -1.90. The standard InChI is InChI=1S/C11H12/c1-4-5-6-7-8-9-10-11(2)3/h11H,10H2,1-3H3. The van der Waals surface area contributed by atoms with Gasteiger partial charge in [0, 0.05) is 6.42 Å². The minimum atomic E-state index is 0.626. The van der Waals surface area contributed by atoms with Crippen LogP contribution in [0, 0.1) is 41.4 Å². The van der Waals surface area contributed by atoms with Crippen molar-refractivity contribution in [3.63, 3.8) is 0 Å². The van der Waals surface area contributed by atoms with Gasteiger partial charge in [-0.15, -0.1) is 0 Å². The Balaban J connectivity index is 3.72. The van der Waals surface area contributed by atoms with E-state index in [9.17, 15) is 0 Å². The summed E-state index contributed by atoms with van der Waals surface area (Å²) in [7, 11) is 0. The topological polar surface area (TPSA) is 0 Å². The summed E-state index contributed by atoms with van der Waals surface area (Å²) >= 11 is 0. The summed E-state index contributed by atoms with van der Waals surface area (Å²) in [6.45, 7) is 6.03. The van der Waals surface area contributed by atoms with Crippen molar-refractivity contribution in [3.05, 3.63) is 0 Å². The summed E-state index contributed by atoms with van der Waals surface area (Å²) < 4.78 is 0. The molecule has 0 fully saturated rings. The van der Waals surface area contributed by atoms with Crippen LogP contribution < -0.4 is 0 Å². The van der Waals surface area contributed by atoms with Gasteiger partial charge in [0.05, 0.1) is 0 Å². The molecule has 0 aromatic rings. The van der Waals surface area contributed by atoms with Crippen LogP contribution in [0.25, 0.3) is 0 Å². The van der Waals surface area contributed by atoms with Crippen molar-refractivity contribution in [2.45, 2.75) is 27.2 Å². The van der Waals surface area contributed by atoms with Crippen LogP contribution in [0.3, 0.4) is 0 Å². The molecule has 0 radical (unpaired) electrons. The second kappa shape index (κ2) is 6.80. The maximum atomic E-state index is 2.95. The third-order valence-electron chi connectivity index (χ3n) is 0.911. The van der Waals surface area contributed by atoms with Gasteiger partial charge in [-0.1, -0.05) is 25.7 Å². The third kappa shape index (κ3) is 8.68. The summed E-state index contributed by atoms with van der Waals surface area (Å²) in [5.74, 6) is 16.9. The van der Waals surface area contributed by atoms with Crippen molar-refractivity contribution in [2.24, 2.45) is 5.92 Å². The second-order valence-electron chi connectivity index (χ2n) is 2.52. The smallest absolute Gasteiger partial charge is 0.0122 e. The molecule has 0 heteroatoms. The van der Waals surface area contributed by atoms with E-state index in [4.69, 9.17) is 0 Å². The quantitative estimate of drug-likeness (QED) is 0.494. The summed E-state index contributed by atoms with van der Waals surface area (Å²) in [4.78, 5) is 0. The zero-order valence-electron chi connectivity index (χ0n) is 7.28. The maximum Gasteiger partial charge on any atom is 0.0122 e. The molecule has 0 unspecified atom stereocenters. The molecule has 56 valence electrons. The lowest BCUT2D eigenvalue weighted by Crippen LogP contribution is -1.80. The van der Waals surface area contributed by atoms with E-state index in [-0.39, 0.29) is 0 Å². The Bertz CT molecular complexity index is 262. The first-order valence-electron chi connectivity index (χ1n) is 3.67. The van der Waals surface area contributed by atoms with Crippen LogP contribution in [0.15, 0.2) is 0 Å². The average Bonchev–Trinajstić information content (AvgIpc) is 1.96. The average molecular weight is 144 g/mol. The Labute approximate surface area is 69.4 Å². The largest absolute Gasteiger partial charge is 0.0925 e. The predicted octanol–water partition coefficient (Wildman–Crippen LogP) is 2.06. The van der Waals surface area contributed by atoms with Gasteiger partial charge in [-0.25, -0.2) is 0 Å². The van der Waals surface area contributed by atoms with E-state index in [1.165, 1.54) is 0 Å². The Kier molecular flexibility index (Phi) is 5.98. The van der Waals surface area contributed by atoms with E-state index in [0.717, 1.165) is 6.42 Å². The third-order valence-corrected chi connectivity index (χ3v) is 0.911. The van der Waals surface area contributed by atoms with Crippen molar-refractivity contribution in [1.82, 2.24) is 0 Å². The number of hydrogen-bond acceptors (Lipinski definition) is 0. The molecule has 11 heavy (non-hydrogen) atoms. The number of rotatable bonds is 1. The molecule has 0 rings (SSSR count). The van der Waals surface area contributed by atoms with Crippen LogP contribution in [0.1, 0.15) is 27.2 Å². The molecule has 0 heterocycles. The molecule has 0 N–H and O–H groups in total. The predicted molar refractivity (Wildman–Crippen MR) is 48.5 cm³/mol. The van der Waals surface area contributed by atoms with Gasteiger partial charge in [-0.05, 0) is 36.5 Å². The van der Waals surface area contributed by atoms with Crippen LogP contribution in [0.4, 0.5) is 0 Å². The zero-order valence-corrected chi connectivity index (χ0v) is 7.28. The van der Waals surface area contributed by atoms with Gasteiger partial charge in [0.1, 0.15) is 0 Å². The fourth-order valence-corrected chi connectivity index (χ4v) is 0.424. The first kappa shape index (κ1) is 9.68. The first-order chi connectivity index (χ1) is 5.27. The van der Waals surface area contributed by atoms with Crippen LogP contribution >= 0.6 is 0 Å². The molecule has 0 saturated carbocycles. The van der Waals surface area contributed by atoms with Gasteiger partial charge in [0.2, 0.25) is 0 Å². The highest BCUT2D eigenvalue weighted by molar-refractivity contribution is 5.35. The van der Waals surface area contributed by atoms with Gasteiger partial charge < -0.3 is 0 Å². The number of hydrogen-bond donors (Lipinski definition) is 0.